The highest BCUT2D eigenvalue weighted by Crippen LogP contribution is 2.18. The van der Waals surface area contributed by atoms with Crippen LogP contribution in [0.15, 0.2) is 59.0 Å². The Morgan fingerprint density at radius 3 is 2.67 bits per heavy atom. The topological polar surface area (TPSA) is 68.3 Å². The minimum absolute atomic E-state index is 0.218. The molecule has 21 heavy (non-hydrogen) atoms. The highest BCUT2D eigenvalue weighted by atomic mass is 16.3. The average Bonchev–Trinajstić information content (AvgIpc) is 2.97. The van der Waals surface area contributed by atoms with Crippen molar-refractivity contribution in [3.05, 3.63) is 71.5 Å². The molecular formula is C17H16N2O2. The van der Waals surface area contributed by atoms with Gasteiger partial charge < -0.3 is 15.5 Å². The second kappa shape index (κ2) is 5.81. The summed E-state index contributed by atoms with van der Waals surface area (Å²) >= 11 is 0. The number of carbonyl (C=O) groups is 1. The first kappa shape index (κ1) is 13.4. The van der Waals surface area contributed by atoms with E-state index in [0.29, 0.717) is 24.4 Å². The van der Waals surface area contributed by atoms with Gasteiger partial charge in [0.15, 0.2) is 5.76 Å². The number of amides is 1. The highest BCUT2D eigenvalue weighted by Gasteiger charge is 2.11. The summed E-state index contributed by atoms with van der Waals surface area (Å²) in [7, 11) is 0. The lowest BCUT2D eigenvalue weighted by molar-refractivity contribution is 0.0925. The second-order valence-corrected chi connectivity index (χ2v) is 4.86. The Labute approximate surface area is 122 Å². The van der Waals surface area contributed by atoms with Gasteiger partial charge in [-0.3, -0.25) is 4.79 Å². The third-order valence-corrected chi connectivity index (χ3v) is 3.33. The van der Waals surface area contributed by atoms with Crippen molar-refractivity contribution < 1.29 is 9.21 Å². The van der Waals surface area contributed by atoms with Gasteiger partial charge in [-0.15, -0.1) is 0 Å². The fourth-order valence-corrected chi connectivity index (χ4v) is 2.23. The molecule has 0 bridgehead atoms. The first-order chi connectivity index (χ1) is 10.3. The van der Waals surface area contributed by atoms with Crippen molar-refractivity contribution in [2.24, 2.45) is 5.73 Å². The maximum Gasteiger partial charge on any atom is 0.287 e. The number of furan rings is 1. The second-order valence-electron chi connectivity index (χ2n) is 4.86. The molecule has 4 nitrogen and oxygen atoms in total. The molecule has 0 aliphatic carbocycles. The number of para-hydroxylation sites is 1. The van der Waals surface area contributed by atoms with E-state index in [0.717, 1.165) is 16.5 Å². The smallest absolute Gasteiger partial charge is 0.287 e. The maximum atomic E-state index is 12.1. The summed E-state index contributed by atoms with van der Waals surface area (Å²) in [6, 6.07) is 17.1. The lowest BCUT2D eigenvalue weighted by Crippen LogP contribution is -2.22. The lowest BCUT2D eigenvalue weighted by Gasteiger charge is -2.05. The van der Waals surface area contributed by atoms with E-state index in [1.807, 2.05) is 48.5 Å². The molecule has 0 radical (unpaired) electrons. The van der Waals surface area contributed by atoms with Crippen LogP contribution in [0.25, 0.3) is 11.0 Å². The highest BCUT2D eigenvalue weighted by molar-refractivity contribution is 5.95. The van der Waals surface area contributed by atoms with Gasteiger partial charge in [0.2, 0.25) is 0 Å². The Bertz CT molecular complexity index is 744. The van der Waals surface area contributed by atoms with Crippen molar-refractivity contribution in [2.45, 2.75) is 13.1 Å². The Morgan fingerprint density at radius 1 is 1.05 bits per heavy atom. The van der Waals surface area contributed by atoms with E-state index in [4.69, 9.17) is 10.2 Å². The molecule has 106 valence electrons. The molecule has 0 fully saturated rings. The molecule has 4 heteroatoms. The molecule has 3 aromatic rings. The first-order valence-electron chi connectivity index (χ1n) is 6.81. The SMILES string of the molecule is NCc1cccc(CNC(=O)c2cc3ccccc3o2)c1. The van der Waals surface area contributed by atoms with Crippen molar-refractivity contribution in [3.63, 3.8) is 0 Å². The molecule has 0 saturated heterocycles. The molecule has 3 N–H and O–H groups in total. The predicted molar refractivity (Wildman–Crippen MR) is 81.7 cm³/mol. The molecule has 3 rings (SSSR count). The van der Waals surface area contributed by atoms with Crippen LogP contribution in [-0.2, 0) is 13.1 Å². The quantitative estimate of drug-likeness (QED) is 0.772. The van der Waals surface area contributed by atoms with Gasteiger partial charge in [0.1, 0.15) is 5.58 Å². The van der Waals surface area contributed by atoms with Crippen LogP contribution in [0.4, 0.5) is 0 Å². The minimum atomic E-state index is -0.218. The Morgan fingerprint density at radius 2 is 1.86 bits per heavy atom. The van der Waals surface area contributed by atoms with E-state index in [1.54, 1.807) is 6.07 Å². The van der Waals surface area contributed by atoms with Crippen LogP contribution in [0.5, 0.6) is 0 Å². The summed E-state index contributed by atoms with van der Waals surface area (Å²) < 4.78 is 5.53. The number of benzene rings is 2. The molecule has 0 unspecified atom stereocenters. The van der Waals surface area contributed by atoms with E-state index in [9.17, 15) is 4.79 Å². The van der Waals surface area contributed by atoms with Crippen LogP contribution in [0, 0.1) is 0 Å². The fourth-order valence-electron chi connectivity index (χ4n) is 2.23. The molecule has 0 aliphatic rings. The van der Waals surface area contributed by atoms with Gasteiger partial charge in [-0.2, -0.15) is 0 Å². The number of fused-ring (bicyclic) bond motifs is 1. The van der Waals surface area contributed by atoms with Crippen LogP contribution in [0.3, 0.4) is 0 Å². The van der Waals surface area contributed by atoms with Gasteiger partial charge in [0.25, 0.3) is 5.91 Å². The molecule has 1 aromatic heterocycles. The average molecular weight is 280 g/mol. The summed E-state index contributed by atoms with van der Waals surface area (Å²) in [5, 5.41) is 3.78. The largest absolute Gasteiger partial charge is 0.451 e. The molecule has 0 saturated carbocycles. The zero-order valence-electron chi connectivity index (χ0n) is 11.5. The molecule has 0 aliphatic heterocycles. The van der Waals surface area contributed by atoms with E-state index in [2.05, 4.69) is 5.32 Å². The first-order valence-corrected chi connectivity index (χ1v) is 6.81. The van der Waals surface area contributed by atoms with Gasteiger partial charge >= 0.3 is 0 Å². The van der Waals surface area contributed by atoms with Crippen molar-refractivity contribution in [2.75, 3.05) is 0 Å². The molecule has 1 amide bonds. The predicted octanol–water partition coefficient (Wildman–Crippen LogP) is 2.82. The minimum Gasteiger partial charge on any atom is -0.451 e. The zero-order chi connectivity index (χ0) is 14.7. The number of rotatable bonds is 4. The van der Waals surface area contributed by atoms with Crippen LogP contribution in [-0.4, -0.2) is 5.91 Å². The molecule has 2 aromatic carbocycles. The van der Waals surface area contributed by atoms with E-state index in [1.165, 1.54) is 0 Å². The number of hydrogen-bond acceptors (Lipinski definition) is 3. The molecule has 0 spiro atoms. The van der Waals surface area contributed by atoms with Gasteiger partial charge in [-0.1, -0.05) is 42.5 Å². The number of hydrogen-bond donors (Lipinski definition) is 2. The van der Waals surface area contributed by atoms with Gasteiger partial charge in [0, 0.05) is 18.5 Å². The van der Waals surface area contributed by atoms with Crippen molar-refractivity contribution >= 4 is 16.9 Å². The van der Waals surface area contributed by atoms with Gasteiger partial charge in [-0.05, 0) is 23.3 Å². The van der Waals surface area contributed by atoms with Crippen molar-refractivity contribution in [3.8, 4) is 0 Å². The molecular weight excluding hydrogens is 264 g/mol. The maximum absolute atomic E-state index is 12.1. The van der Waals surface area contributed by atoms with Crippen LogP contribution in [0.2, 0.25) is 0 Å². The van der Waals surface area contributed by atoms with Crippen molar-refractivity contribution in [1.29, 1.82) is 0 Å². The normalized spacial score (nSPS) is 10.7. The third-order valence-electron chi connectivity index (χ3n) is 3.33. The Kier molecular flexibility index (Phi) is 3.71. The fraction of sp³-hybridized carbons (Fsp3) is 0.118. The number of nitrogens with one attached hydrogen (secondary N) is 1. The van der Waals surface area contributed by atoms with Crippen LogP contribution in [0.1, 0.15) is 21.7 Å². The molecule has 0 atom stereocenters. The third kappa shape index (κ3) is 2.95. The summed E-state index contributed by atoms with van der Waals surface area (Å²) in [5.74, 6) is 0.107. The summed E-state index contributed by atoms with van der Waals surface area (Å²) in [4.78, 5) is 12.1. The number of nitrogens with two attached hydrogens (primary N) is 1. The summed E-state index contributed by atoms with van der Waals surface area (Å²) in [5.41, 5.74) is 8.38. The lowest BCUT2D eigenvalue weighted by atomic mass is 10.1. The van der Waals surface area contributed by atoms with Crippen molar-refractivity contribution in [1.82, 2.24) is 5.32 Å². The van der Waals surface area contributed by atoms with Crippen LogP contribution >= 0.6 is 0 Å². The van der Waals surface area contributed by atoms with E-state index >= 15 is 0 Å². The van der Waals surface area contributed by atoms with Gasteiger partial charge in [-0.25, -0.2) is 0 Å². The Hall–Kier alpha value is -2.59. The summed E-state index contributed by atoms with van der Waals surface area (Å²) in [6.07, 6.45) is 0. The number of carbonyl (C=O) groups excluding carboxylic acids is 1. The molecule has 1 heterocycles. The van der Waals surface area contributed by atoms with Crippen LogP contribution < -0.4 is 11.1 Å². The Balaban J connectivity index is 1.71. The monoisotopic (exact) mass is 280 g/mol. The standard InChI is InChI=1S/C17H16N2O2/c18-10-12-4-3-5-13(8-12)11-19-17(20)16-9-14-6-1-2-7-15(14)21-16/h1-9H,10-11,18H2,(H,19,20). The van der Waals surface area contributed by atoms with Gasteiger partial charge in [0.05, 0.1) is 0 Å². The summed E-state index contributed by atoms with van der Waals surface area (Å²) in [6.45, 7) is 0.940. The van der Waals surface area contributed by atoms with E-state index in [-0.39, 0.29) is 5.91 Å². The van der Waals surface area contributed by atoms with E-state index < -0.39 is 0 Å². The zero-order valence-corrected chi connectivity index (χ0v) is 11.5.